The number of hydrogen-bond donors (Lipinski definition) is 1. The SMILES string of the molecule is C=C(C)CN(CC)S(=O)(=O)c1cc(C(=O)O)ccc1F. The second-order valence-electron chi connectivity index (χ2n) is 4.34. The van der Waals surface area contributed by atoms with Gasteiger partial charge in [0.25, 0.3) is 0 Å². The molecule has 0 unspecified atom stereocenters. The quantitative estimate of drug-likeness (QED) is 0.817. The third kappa shape index (κ3) is 3.43. The van der Waals surface area contributed by atoms with Gasteiger partial charge in [-0.2, -0.15) is 4.31 Å². The van der Waals surface area contributed by atoms with E-state index in [4.69, 9.17) is 5.11 Å². The van der Waals surface area contributed by atoms with Crippen LogP contribution in [0.15, 0.2) is 35.2 Å². The van der Waals surface area contributed by atoms with Gasteiger partial charge < -0.3 is 5.11 Å². The van der Waals surface area contributed by atoms with Gasteiger partial charge in [0, 0.05) is 13.1 Å². The van der Waals surface area contributed by atoms with Gasteiger partial charge in [-0.1, -0.05) is 19.1 Å². The van der Waals surface area contributed by atoms with Gasteiger partial charge in [-0.05, 0) is 25.1 Å². The van der Waals surface area contributed by atoms with E-state index in [2.05, 4.69) is 6.58 Å². The Kier molecular flexibility index (Phi) is 5.02. The molecule has 0 aromatic heterocycles. The first-order valence-electron chi connectivity index (χ1n) is 5.87. The molecular formula is C13H16FNO4S. The number of sulfonamides is 1. The summed E-state index contributed by atoms with van der Waals surface area (Å²) in [7, 11) is -4.10. The van der Waals surface area contributed by atoms with E-state index in [0.29, 0.717) is 5.57 Å². The first-order chi connectivity index (χ1) is 9.20. The van der Waals surface area contributed by atoms with Crippen molar-refractivity contribution in [2.45, 2.75) is 18.7 Å². The zero-order chi connectivity index (χ0) is 15.5. The van der Waals surface area contributed by atoms with Gasteiger partial charge in [-0.25, -0.2) is 17.6 Å². The molecule has 110 valence electrons. The lowest BCUT2D eigenvalue weighted by Crippen LogP contribution is -2.33. The number of likely N-dealkylation sites (N-methyl/N-ethyl adjacent to an activating group) is 1. The van der Waals surface area contributed by atoms with E-state index in [-0.39, 0.29) is 18.7 Å². The summed E-state index contributed by atoms with van der Waals surface area (Å²) in [6, 6.07) is 2.69. The molecule has 0 saturated heterocycles. The summed E-state index contributed by atoms with van der Waals surface area (Å²) in [5.41, 5.74) is 0.321. The molecule has 0 amide bonds. The van der Waals surface area contributed by atoms with E-state index in [1.807, 2.05) is 0 Å². The molecule has 0 aliphatic heterocycles. The van der Waals surface area contributed by atoms with Crippen LogP contribution in [-0.2, 0) is 10.0 Å². The van der Waals surface area contributed by atoms with Crippen LogP contribution in [-0.4, -0.2) is 36.9 Å². The topological polar surface area (TPSA) is 74.7 Å². The second kappa shape index (κ2) is 6.15. The Balaban J connectivity index is 3.36. The summed E-state index contributed by atoms with van der Waals surface area (Å²) in [5.74, 6) is -2.29. The summed E-state index contributed by atoms with van der Waals surface area (Å²) < 4.78 is 39.5. The number of aromatic carboxylic acids is 1. The number of carbonyl (C=O) groups is 1. The Morgan fingerprint density at radius 1 is 1.45 bits per heavy atom. The molecule has 0 heterocycles. The molecule has 0 fully saturated rings. The maximum Gasteiger partial charge on any atom is 0.335 e. The first-order valence-corrected chi connectivity index (χ1v) is 7.31. The standard InChI is InChI=1S/C13H16FNO4S/c1-4-15(8-9(2)3)20(18,19)12-7-10(13(16)17)5-6-11(12)14/h5-7H,2,4,8H2,1,3H3,(H,16,17). The van der Waals surface area contributed by atoms with Crippen LogP contribution >= 0.6 is 0 Å². The predicted molar refractivity (Wildman–Crippen MR) is 72.6 cm³/mol. The summed E-state index contributed by atoms with van der Waals surface area (Å²) in [4.78, 5) is 10.2. The third-order valence-electron chi connectivity index (χ3n) is 2.59. The fraction of sp³-hybridized carbons (Fsp3) is 0.308. The predicted octanol–water partition coefficient (Wildman–Crippen LogP) is 2.11. The van der Waals surface area contributed by atoms with Crippen molar-refractivity contribution in [3.05, 3.63) is 41.7 Å². The van der Waals surface area contributed by atoms with Crippen LogP contribution in [0.3, 0.4) is 0 Å². The van der Waals surface area contributed by atoms with E-state index < -0.39 is 26.7 Å². The average molecular weight is 301 g/mol. The number of rotatable bonds is 6. The highest BCUT2D eigenvalue weighted by Gasteiger charge is 2.27. The maximum absolute atomic E-state index is 13.7. The molecular weight excluding hydrogens is 285 g/mol. The molecule has 0 bridgehead atoms. The lowest BCUT2D eigenvalue weighted by atomic mass is 10.2. The molecule has 0 aliphatic carbocycles. The van der Waals surface area contributed by atoms with Crippen molar-refractivity contribution >= 4 is 16.0 Å². The van der Waals surface area contributed by atoms with Crippen LogP contribution in [0, 0.1) is 5.82 Å². The fourth-order valence-electron chi connectivity index (χ4n) is 1.64. The Morgan fingerprint density at radius 2 is 2.05 bits per heavy atom. The van der Waals surface area contributed by atoms with Crippen molar-refractivity contribution < 1.29 is 22.7 Å². The number of halogens is 1. The van der Waals surface area contributed by atoms with E-state index in [0.717, 1.165) is 22.5 Å². The van der Waals surface area contributed by atoms with Crippen molar-refractivity contribution in [2.75, 3.05) is 13.1 Å². The molecule has 20 heavy (non-hydrogen) atoms. The van der Waals surface area contributed by atoms with Gasteiger partial charge in [0.2, 0.25) is 10.0 Å². The Hall–Kier alpha value is -1.73. The van der Waals surface area contributed by atoms with Crippen molar-refractivity contribution in [1.82, 2.24) is 4.31 Å². The second-order valence-corrected chi connectivity index (χ2v) is 6.25. The minimum absolute atomic E-state index is 0.0512. The molecule has 1 aromatic rings. The molecule has 0 saturated carbocycles. The van der Waals surface area contributed by atoms with Crippen molar-refractivity contribution in [3.63, 3.8) is 0 Å². The molecule has 0 aliphatic rings. The molecule has 0 radical (unpaired) electrons. The first kappa shape index (κ1) is 16.3. The molecule has 0 spiro atoms. The molecule has 7 heteroatoms. The largest absolute Gasteiger partial charge is 0.478 e. The number of nitrogens with zero attached hydrogens (tertiary/aromatic N) is 1. The van der Waals surface area contributed by atoms with E-state index >= 15 is 0 Å². The fourth-order valence-corrected chi connectivity index (χ4v) is 3.24. The monoisotopic (exact) mass is 301 g/mol. The molecule has 5 nitrogen and oxygen atoms in total. The van der Waals surface area contributed by atoms with Gasteiger partial charge in [0.1, 0.15) is 10.7 Å². The zero-order valence-corrected chi connectivity index (χ0v) is 12.1. The third-order valence-corrected chi connectivity index (χ3v) is 4.53. The Bertz CT molecular complexity index is 640. The summed E-state index contributed by atoms with van der Waals surface area (Å²) in [6.45, 7) is 7.07. The van der Waals surface area contributed by atoms with E-state index in [1.165, 1.54) is 0 Å². The van der Waals surface area contributed by atoms with Gasteiger partial charge in [0.15, 0.2) is 0 Å². The normalized spacial score (nSPS) is 11.6. The highest BCUT2D eigenvalue weighted by Crippen LogP contribution is 2.21. The molecule has 1 N–H and O–H groups in total. The van der Waals surface area contributed by atoms with Crippen LogP contribution in [0.25, 0.3) is 0 Å². The van der Waals surface area contributed by atoms with Gasteiger partial charge >= 0.3 is 5.97 Å². The average Bonchev–Trinajstić information content (AvgIpc) is 2.35. The van der Waals surface area contributed by atoms with E-state index in [9.17, 15) is 17.6 Å². The maximum atomic E-state index is 13.7. The van der Waals surface area contributed by atoms with Crippen molar-refractivity contribution in [3.8, 4) is 0 Å². The molecule has 0 atom stereocenters. The van der Waals surface area contributed by atoms with Crippen LogP contribution in [0.4, 0.5) is 4.39 Å². The lowest BCUT2D eigenvalue weighted by molar-refractivity contribution is 0.0696. The van der Waals surface area contributed by atoms with Gasteiger partial charge in [-0.3, -0.25) is 0 Å². The number of benzene rings is 1. The summed E-state index contributed by atoms with van der Waals surface area (Å²) in [6.07, 6.45) is 0. The minimum atomic E-state index is -4.10. The van der Waals surface area contributed by atoms with Crippen molar-refractivity contribution in [2.24, 2.45) is 0 Å². The summed E-state index contributed by atoms with van der Waals surface area (Å²) >= 11 is 0. The van der Waals surface area contributed by atoms with Crippen LogP contribution in [0.2, 0.25) is 0 Å². The van der Waals surface area contributed by atoms with Crippen molar-refractivity contribution in [1.29, 1.82) is 0 Å². The van der Waals surface area contributed by atoms with Crippen LogP contribution in [0.1, 0.15) is 24.2 Å². The van der Waals surface area contributed by atoms with Crippen LogP contribution in [0.5, 0.6) is 0 Å². The number of hydrogen-bond acceptors (Lipinski definition) is 3. The van der Waals surface area contributed by atoms with Crippen LogP contribution < -0.4 is 0 Å². The highest BCUT2D eigenvalue weighted by atomic mass is 32.2. The van der Waals surface area contributed by atoms with Gasteiger partial charge in [0.05, 0.1) is 5.56 Å². The lowest BCUT2D eigenvalue weighted by Gasteiger charge is -2.21. The van der Waals surface area contributed by atoms with Gasteiger partial charge in [-0.15, -0.1) is 0 Å². The summed E-state index contributed by atoms with van der Waals surface area (Å²) in [5, 5.41) is 8.86. The zero-order valence-electron chi connectivity index (χ0n) is 11.3. The Morgan fingerprint density at radius 3 is 2.50 bits per heavy atom. The highest BCUT2D eigenvalue weighted by molar-refractivity contribution is 7.89. The number of carboxylic acids is 1. The van der Waals surface area contributed by atoms with E-state index in [1.54, 1.807) is 13.8 Å². The minimum Gasteiger partial charge on any atom is -0.478 e. The molecule has 1 aromatic carbocycles. The smallest absolute Gasteiger partial charge is 0.335 e. The number of carboxylic acid groups (broad SMARTS) is 1. The molecule has 1 rings (SSSR count). The Labute approximate surface area is 117 Å².